The van der Waals surface area contributed by atoms with Gasteiger partial charge in [-0.05, 0) is 94.0 Å². The summed E-state index contributed by atoms with van der Waals surface area (Å²) in [7, 11) is -1.31. The van der Waals surface area contributed by atoms with Crippen LogP contribution in [0.3, 0.4) is 0 Å². The first-order valence-electron chi connectivity index (χ1n) is 13.7. The molecular formula is C30H45N3O2S. The third-order valence-corrected chi connectivity index (χ3v) is 8.92. The van der Waals surface area contributed by atoms with E-state index in [1.54, 1.807) is 0 Å². The standard InChI is InChI=1S/C30H45N3O2S/c1-20-24(28(34)31-23-14-15-23)18-26(33(20)19-21-11-9-8-10-12-21)22-13-16-27(25(17-22)29(2,3)4)36(35)32-30(5,6)7/h13,16-18,21,23,32H,8-12,14-15,19H2,1-7H3,(H,31,34). The predicted molar refractivity (Wildman–Crippen MR) is 150 cm³/mol. The molecular weight excluding hydrogens is 466 g/mol. The molecule has 2 aromatic rings. The van der Waals surface area contributed by atoms with E-state index in [9.17, 15) is 9.00 Å². The van der Waals surface area contributed by atoms with Crippen LogP contribution in [0.4, 0.5) is 0 Å². The molecule has 1 aromatic carbocycles. The predicted octanol–water partition coefficient (Wildman–Crippen LogP) is 6.64. The van der Waals surface area contributed by atoms with Crippen LogP contribution < -0.4 is 10.0 Å². The molecule has 2 aliphatic carbocycles. The molecule has 5 nitrogen and oxygen atoms in total. The van der Waals surface area contributed by atoms with Gasteiger partial charge in [-0.15, -0.1) is 0 Å². The first-order valence-corrected chi connectivity index (χ1v) is 14.8. The lowest BCUT2D eigenvalue weighted by molar-refractivity contribution is 0.0950. The maximum Gasteiger partial charge on any atom is 0.253 e. The van der Waals surface area contributed by atoms with Crippen molar-refractivity contribution < 1.29 is 9.00 Å². The number of aromatic nitrogens is 1. The van der Waals surface area contributed by atoms with Gasteiger partial charge in [0.05, 0.1) is 10.5 Å². The summed E-state index contributed by atoms with van der Waals surface area (Å²) in [5, 5.41) is 3.19. The Labute approximate surface area is 220 Å². The highest BCUT2D eigenvalue weighted by molar-refractivity contribution is 7.83. The van der Waals surface area contributed by atoms with Crippen LogP contribution in [0, 0.1) is 12.8 Å². The Hall–Kier alpha value is -1.92. The molecule has 6 heteroatoms. The number of nitrogens with zero attached hydrogens (tertiary/aromatic N) is 1. The Morgan fingerprint density at radius 1 is 1.00 bits per heavy atom. The van der Waals surface area contributed by atoms with Gasteiger partial charge in [-0.1, -0.05) is 46.1 Å². The topological polar surface area (TPSA) is 63.1 Å². The van der Waals surface area contributed by atoms with Crippen LogP contribution in [0.5, 0.6) is 0 Å². The summed E-state index contributed by atoms with van der Waals surface area (Å²) >= 11 is 0. The molecule has 0 bridgehead atoms. The molecule has 4 rings (SSSR count). The molecule has 2 aliphatic rings. The molecule has 2 N–H and O–H groups in total. The number of hydrogen-bond donors (Lipinski definition) is 2. The zero-order chi connectivity index (χ0) is 26.3. The molecule has 1 heterocycles. The molecule has 2 saturated carbocycles. The third kappa shape index (κ3) is 6.49. The Balaban J connectivity index is 1.77. The van der Waals surface area contributed by atoms with E-state index in [1.807, 2.05) is 26.8 Å². The maximum atomic E-state index is 13.3. The molecule has 0 radical (unpaired) electrons. The number of carbonyl (C=O) groups excluding carboxylic acids is 1. The summed E-state index contributed by atoms with van der Waals surface area (Å²) in [5.41, 5.74) is 4.64. The minimum absolute atomic E-state index is 0.0433. The average molecular weight is 512 g/mol. The highest BCUT2D eigenvalue weighted by Crippen LogP contribution is 2.36. The van der Waals surface area contributed by atoms with Gasteiger partial charge in [0, 0.05) is 29.5 Å². The van der Waals surface area contributed by atoms with Gasteiger partial charge in [-0.25, -0.2) is 8.93 Å². The first-order chi connectivity index (χ1) is 16.8. The van der Waals surface area contributed by atoms with Gasteiger partial charge in [0.25, 0.3) is 5.91 Å². The zero-order valence-electron chi connectivity index (χ0n) is 23.3. The largest absolute Gasteiger partial charge is 0.349 e. The van der Waals surface area contributed by atoms with Gasteiger partial charge in [-0.3, -0.25) is 4.79 Å². The van der Waals surface area contributed by atoms with Crippen molar-refractivity contribution in [1.29, 1.82) is 0 Å². The number of benzene rings is 1. The van der Waals surface area contributed by atoms with E-state index >= 15 is 0 Å². The lowest BCUT2D eigenvalue weighted by Gasteiger charge is -2.27. The van der Waals surface area contributed by atoms with Crippen molar-refractivity contribution in [2.24, 2.45) is 5.92 Å². The summed E-state index contributed by atoms with van der Waals surface area (Å²) < 4.78 is 18.9. The highest BCUT2D eigenvalue weighted by atomic mass is 32.2. The molecule has 0 spiro atoms. The van der Waals surface area contributed by atoms with Crippen molar-refractivity contribution >= 4 is 16.9 Å². The van der Waals surface area contributed by atoms with Crippen molar-refractivity contribution in [3.05, 3.63) is 41.1 Å². The molecule has 1 unspecified atom stereocenters. The van der Waals surface area contributed by atoms with Crippen LogP contribution in [0.2, 0.25) is 0 Å². The van der Waals surface area contributed by atoms with Crippen molar-refractivity contribution in [2.75, 3.05) is 0 Å². The molecule has 1 aromatic heterocycles. The fourth-order valence-electron chi connectivity index (χ4n) is 5.24. The lowest BCUT2D eigenvalue weighted by Crippen LogP contribution is -2.37. The number of rotatable bonds is 7. The molecule has 198 valence electrons. The Kier molecular flexibility index (Phi) is 7.87. The van der Waals surface area contributed by atoms with Gasteiger partial charge in [0.2, 0.25) is 0 Å². The lowest BCUT2D eigenvalue weighted by atomic mass is 9.85. The Bertz CT molecular complexity index is 1130. The minimum Gasteiger partial charge on any atom is -0.349 e. The summed E-state index contributed by atoms with van der Waals surface area (Å²) in [5.74, 6) is 0.689. The molecule has 1 amide bonds. The SMILES string of the molecule is Cc1c(C(=O)NC2CC2)cc(-c2ccc(S(=O)NC(C)(C)C)c(C(C)(C)C)c2)n1CC1CCCCC1. The van der Waals surface area contributed by atoms with Gasteiger partial charge >= 0.3 is 0 Å². The van der Waals surface area contributed by atoms with Crippen LogP contribution in [0.25, 0.3) is 11.3 Å². The van der Waals surface area contributed by atoms with E-state index in [4.69, 9.17) is 0 Å². The van der Waals surface area contributed by atoms with Gasteiger partial charge in [0.1, 0.15) is 11.0 Å². The average Bonchev–Trinajstić information content (AvgIpc) is 3.55. The van der Waals surface area contributed by atoms with Crippen LogP contribution >= 0.6 is 0 Å². The fourth-order valence-corrected chi connectivity index (χ4v) is 6.66. The molecule has 1 atom stereocenters. The first kappa shape index (κ1) is 27.1. The van der Waals surface area contributed by atoms with Crippen LogP contribution in [0.1, 0.15) is 108 Å². The van der Waals surface area contributed by atoms with Crippen molar-refractivity contribution in [3.63, 3.8) is 0 Å². The van der Waals surface area contributed by atoms with Gasteiger partial charge in [-0.2, -0.15) is 0 Å². The van der Waals surface area contributed by atoms with E-state index in [1.165, 1.54) is 32.1 Å². The van der Waals surface area contributed by atoms with Crippen molar-refractivity contribution in [2.45, 2.75) is 122 Å². The molecule has 36 heavy (non-hydrogen) atoms. The summed E-state index contributed by atoms with van der Waals surface area (Å²) in [4.78, 5) is 14.0. The normalized spacial score (nSPS) is 18.3. The van der Waals surface area contributed by atoms with E-state index in [-0.39, 0.29) is 16.9 Å². The molecule has 0 aliphatic heterocycles. The van der Waals surface area contributed by atoms with E-state index in [0.29, 0.717) is 12.0 Å². The number of nitrogens with one attached hydrogen (secondary N) is 2. The van der Waals surface area contributed by atoms with Crippen molar-refractivity contribution in [1.82, 2.24) is 14.6 Å². The minimum atomic E-state index is -1.31. The van der Waals surface area contributed by atoms with Crippen molar-refractivity contribution in [3.8, 4) is 11.3 Å². The van der Waals surface area contributed by atoms with Crippen LogP contribution in [-0.4, -0.2) is 26.3 Å². The highest BCUT2D eigenvalue weighted by Gasteiger charge is 2.29. The van der Waals surface area contributed by atoms with E-state index in [0.717, 1.165) is 52.4 Å². The monoisotopic (exact) mass is 511 g/mol. The summed E-state index contributed by atoms with van der Waals surface area (Å²) in [6, 6.07) is 8.72. The molecule has 2 fully saturated rings. The second-order valence-corrected chi connectivity index (χ2v) is 14.2. The quantitative estimate of drug-likeness (QED) is 0.437. The zero-order valence-corrected chi connectivity index (χ0v) is 24.1. The number of carbonyl (C=O) groups is 1. The van der Waals surface area contributed by atoms with Crippen LogP contribution in [0.15, 0.2) is 29.2 Å². The maximum absolute atomic E-state index is 13.3. The summed E-state index contributed by atoms with van der Waals surface area (Å²) in [6.07, 6.45) is 8.59. The second kappa shape index (κ2) is 10.4. The third-order valence-electron chi connectivity index (χ3n) is 7.37. The van der Waals surface area contributed by atoms with Gasteiger partial charge < -0.3 is 9.88 Å². The Morgan fingerprint density at radius 3 is 2.25 bits per heavy atom. The van der Waals surface area contributed by atoms with E-state index < -0.39 is 11.0 Å². The van der Waals surface area contributed by atoms with Gasteiger partial charge in [0.15, 0.2) is 0 Å². The number of hydrogen-bond acceptors (Lipinski definition) is 2. The van der Waals surface area contributed by atoms with Crippen LogP contribution in [-0.2, 0) is 22.9 Å². The summed E-state index contributed by atoms with van der Waals surface area (Å²) in [6.45, 7) is 15.7. The second-order valence-electron chi connectivity index (χ2n) is 13.0. The smallest absolute Gasteiger partial charge is 0.253 e. The number of amides is 1. The molecule has 0 saturated heterocycles. The van der Waals surface area contributed by atoms with E-state index in [2.05, 4.69) is 60.5 Å². The Morgan fingerprint density at radius 2 is 1.67 bits per heavy atom. The fraction of sp³-hybridized carbons (Fsp3) is 0.633.